The third-order valence-electron chi connectivity index (χ3n) is 4.68. The summed E-state index contributed by atoms with van der Waals surface area (Å²) < 4.78 is 7.90. The summed E-state index contributed by atoms with van der Waals surface area (Å²) in [5.41, 5.74) is 9.07. The molecule has 0 fully saturated rings. The molecule has 0 saturated heterocycles. The number of nitrogens with two attached hydrogens (primary N) is 1. The number of hydrogen-bond acceptors (Lipinski definition) is 6. The lowest BCUT2D eigenvalue weighted by Gasteiger charge is -2.22. The number of hydrogen-bond donors (Lipinski definition) is 2. The van der Waals surface area contributed by atoms with Crippen LogP contribution in [0, 0.1) is 0 Å². The van der Waals surface area contributed by atoms with Crippen LogP contribution in [0.4, 0.5) is 17.3 Å². The molecule has 3 heterocycles. The van der Waals surface area contributed by atoms with Crippen molar-refractivity contribution in [2.24, 2.45) is 0 Å². The molecule has 0 aliphatic rings. The molecule has 0 saturated carbocycles. The van der Waals surface area contributed by atoms with Crippen molar-refractivity contribution in [1.29, 1.82) is 0 Å². The van der Waals surface area contributed by atoms with Crippen molar-refractivity contribution in [1.82, 2.24) is 19.7 Å². The number of rotatable bonds is 6. The van der Waals surface area contributed by atoms with Gasteiger partial charge in [-0.15, -0.1) is 0 Å². The Hall–Kier alpha value is -3.87. The number of anilines is 3. The lowest BCUT2D eigenvalue weighted by atomic mass is 10.1. The van der Waals surface area contributed by atoms with E-state index in [9.17, 15) is 0 Å². The highest BCUT2D eigenvalue weighted by Gasteiger charge is 2.21. The predicted molar refractivity (Wildman–Crippen MR) is 123 cm³/mol. The van der Waals surface area contributed by atoms with Crippen LogP contribution in [0.5, 0.6) is 5.75 Å². The van der Waals surface area contributed by atoms with E-state index < -0.39 is 0 Å². The lowest BCUT2D eigenvalue weighted by molar-refractivity contribution is 0.303. The average molecular weight is 415 g/mol. The molecule has 0 unspecified atom stereocenters. The zero-order valence-corrected chi connectivity index (χ0v) is 17.9. The van der Waals surface area contributed by atoms with E-state index in [-0.39, 0.29) is 5.54 Å². The third-order valence-corrected chi connectivity index (χ3v) is 4.68. The Morgan fingerprint density at radius 1 is 0.968 bits per heavy atom. The molecule has 0 radical (unpaired) electrons. The Bertz CT molecular complexity index is 1150. The van der Waals surface area contributed by atoms with Crippen LogP contribution < -0.4 is 15.8 Å². The highest BCUT2D eigenvalue weighted by atomic mass is 16.5. The van der Waals surface area contributed by atoms with Crippen molar-refractivity contribution >= 4 is 17.3 Å². The van der Waals surface area contributed by atoms with E-state index in [0.29, 0.717) is 18.0 Å². The zero-order valence-electron chi connectivity index (χ0n) is 17.9. The molecule has 4 rings (SSSR count). The van der Waals surface area contributed by atoms with E-state index in [1.54, 1.807) is 12.4 Å². The number of nitrogen functional groups attached to an aromatic ring is 1. The molecular weight excluding hydrogens is 388 g/mol. The van der Waals surface area contributed by atoms with Gasteiger partial charge in [-0.2, -0.15) is 5.10 Å². The van der Waals surface area contributed by atoms with Gasteiger partial charge in [0, 0.05) is 24.0 Å². The number of aromatic nitrogens is 4. The summed E-state index contributed by atoms with van der Waals surface area (Å²) in [6.07, 6.45) is 3.50. The van der Waals surface area contributed by atoms with Crippen LogP contribution in [0.3, 0.4) is 0 Å². The molecule has 3 aromatic heterocycles. The van der Waals surface area contributed by atoms with Gasteiger partial charge in [0.1, 0.15) is 24.0 Å². The summed E-state index contributed by atoms with van der Waals surface area (Å²) in [4.78, 5) is 8.65. The SMILES string of the molecule is CC(C)(C)n1nc(-c2ccc(N)c(OCc3ccccn3)c2)cc1Nc1ccccn1. The molecule has 0 atom stereocenters. The maximum atomic E-state index is 6.15. The summed E-state index contributed by atoms with van der Waals surface area (Å²) in [6.45, 7) is 6.67. The van der Waals surface area contributed by atoms with Gasteiger partial charge in [-0.05, 0) is 57.2 Å². The van der Waals surface area contributed by atoms with Crippen LogP contribution in [0.1, 0.15) is 26.5 Å². The lowest BCUT2D eigenvalue weighted by Crippen LogP contribution is -2.24. The Kier molecular flexibility index (Phi) is 5.58. The van der Waals surface area contributed by atoms with Gasteiger partial charge in [0.15, 0.2) is 0 Å². The van der Waals surface area contributed by atoms with Gasteiger partial charge in [0.2, 0.25) is 0 Å². The highest BCUT2D eigenvalue weighted by Crippen LogP contribution is 2.32. The normalized spacial score (nSPS) is 11.3. The third kappa shape index (κ3) is 4.83. The van der Waals surface area contributed by atoms with Gasteiger partial charge >= 0.3 is 0 Å². The summed E-state index contributed by atoms with van der Waals surface area (Å²) in [5.74, 6) is 2.22. The summed E-state index contributed by atoms with van der Waals surface area (Å²) >= 11 is 0. The molecule has 4 aromatic rings. The number of nitrogens with zero attached hydrogens (tertiary/aromatic N) is 4. The van der Waals surface area contributed by atoms with E-state index in [2.05, 4.69) is 36.1 Å². The first-order valence-electron chi connectivity index (χ1n) is 10.1. The fourth-order valence-electron chi connectivity index (χ4n) is 3.14. The average Bonchev–Trinajstić information content (AvgIpc) is 3.19. The second-order valence-electron chi connectivity index (χ2n) is 8.20. The molecule has 158 valence electrons. The van der Waals surface area contributed by atoms with E-state index in [0.717, 1.165) is 28.6 Å². The molecule has 0 aliphatic carbocycles. The molecule has 7 nitrogen and oxygen atoms in total. The minimum atomic E-state index is -0.221. The predicted octanol–water partition coefficient (Wildman–Crippen LogP) is 5.00. The van der Waals surface area contributed by atoms with Crippen molar-refractivity contribution in [3.8, 4) is 17.0 Å². The van der Waals surface area contributed by atoms with Crippen molar-refractivity contribution in [2.75, 3.05) is 11.1 Å². The number of nitrogens with one attached hydrogen (secondary N) is 1. The summed E-state index contributed by atoms with van der Waals surface area (Å²) in [7, 11) is 0. The van der Waals surface area contributed by atoms with Crippen LogP contribution >= 0.6 is 0 Å². The van der Waals surface area contributed by atoms with Gasteiger partial charge < -0.3 is 15.8 Å². The van der Waals surface area contributed by atoms with Crippen molar-refractivity contribution in [3.63, 3.8) is 0 Å². The molecule has 7 heteroatoms. The standard InChI is InChI=1S/C24H26N6O/c1-24(2,3)30-23(28-22-9-5-7-13-27-22)15-20(29-30)17-10-11-19(25)21(14-17)31-16-18-8-4-6-12-26-18/h4-15H,16,25H2,1-3H3,(H,27,28). The first-order valence-corrected chi connectivity index (χ1v) is 10.1. The molecule has 3 N–H and O–H groups in total. The molecule has 31 heavy (non-hydrogen) atoms. The number of pyridine rings is 2. The molecule has 0 aliphatic heterocycles. The van der Waals surface area contributed by atoms with Crippen molar-refractivity contribution < 1.29 is 4.74 Å². The van der Waals surface area contributed by atoms with E-state index in [1.165, 1.54) is 0 Å². The summed E-state index contributed by atoms with van der Waals surface area (Å²) in [6, 6.07) is 19.2. The van der Waals surface area contributed by atoms with Crippen LogP contribution in [0.2, 0.25) is 0 Å². The number of ether oxygens (including phenoxy) is 1. The zero-order chi connectivity index (χ0) is 21.8. The van der Waals surface area contributed by atoms with Crippen LogP contribution in [-0.2, 0) is 12.1 Å². The molecular formula is C24H26N6O. The van der Waals surface area contributed by atoms with E-state index in [1.807, 2.05) is 65.3 Å². The Morgan fingerprint density at radius 2 is 1.74 bits per heavy atom. The topological polar surface area (TPSA) is 90.9 Å². The van der Waals surface area contributed by atoms with Gasteiger partial charge in [-0.25, -0.2) is 9.67 Å². The Morgan fingerprint density at radius 3 is 2.42 bits per heavy atom. The van der Waals surface area contributed by atoms with Crippen LogP contribution in [0.15, 0.2) is 73.1 Å². The Balaban J connectivity index is 1.64. The molecule has 0 spiro atoms. The van der Waals surface area contributed by atoms with Gasteiger partial charge in [0.25, 0.3) is 0 Å². The minimum Gasteiger partial charge on any atom is -0.485 e. The van der Waals surface area contributed by atoms with Crippen molar-refractivity contribution in [2.45, 2.75) is 32.9 Å². The van der Waals surface area contributed by atoms with E-state index in [4.69, 9.17) is 15.6 Å². The molecule has 0 bridgehead atoms. The quantitative estimate of drug-likeness (QED) is 0.432. The monoisotopic (exact) mass is 414 g/mol. The maximum Gasteiger partial charge on any atom is 0.143 e. The summed E-state index contributed by atoms with van der Waals surface area (Å²) in [5, 5.41) is 8.22. The van der Waals surface area contributed by atoms with Gasteiger partial charge in [-0.1, -0.05) is 18.2 Å². The maximum absolute atomic E-state index is 6.15. The fourth-order valence-corrected chi connectivity index (χ4v) is 3.14. The fraction of sp³-hybridized carbons (Fsp3) is 0.208. The second-order valence-corrected chi connectivity index (χ2v) is 8.20. The van der Waals surface area contributed by atoms with Gasteiger partial charge in [0.05, 0.1) is 22.6 Å². The highest BCUT2D eigenvalue weighted by molar-refractivity contribution is 5.70. The Labute approximate surface area is 181 Å². The largest absolute Gasteiger partial charge is 0.485 e. The minimum absolute atomic E-state index is 0.221. The first kappa shape index (κ1) is 20.4. The van der Waals surface area contributed by atoms with Crippen LogP contribution in [-0.4, -0.2) is 19.7 Å². The van der Waals surface area contributed by atoms with Crippen LogP contribution in [0.25, 0.3) is 11.3 Å². The molecule has 1 aromatic carbocycles. The first-order chi connectivity index (χ1) is 14.9. The van der Waals surface area contributed by atoms with Crippen molar-refractivity contribution in [3.05, 3.63) is 78.8 Å². The second kappa shape index (κ2) is 8.47. The smallest absolute Gasteiger partial charge is 0.143 e. The number of benzene rings is 1. The van der Waals surface area contributed by atoms with E-state index >= 15 is 0 Å². The molecule has 0 amide bonds. The van der Waals surface area contributed by atoms with Gasteiger partial charge in [-0.3, -0.25) is 4.98 Å².